The van der Waals surface area contributed by atoms with E-state index in [1.165, 1.54) is 26.2 Å². The van der Waals surface area contributed by atoms with E-state index in [0.717, 1.165) is 6.42 Å². The molecular formula is C13H19F2NO. The molecule has 0 aliphatic rings. The number of hydrogen-bond donors (Lipinski definition) is 1. The van der Waals surface area contributed by atoms with Gasteiger partial charge in [-0.3, -0.25) is 0 Å². The number of hydrogen-bond acceptors (Lipinski definition) is 2. The highest BCUT2D eigenvalue weighted by Gasteiger charge is 2.23. The average molecular weight is 243 g/mol. The van der Waals surface area contributed by atoms with Crippen LogP contribution in [0.3, 0.4) is 0 Å². The smallest absolute Gasteiger partial charge is 0.163 e. The molecule has 2 unspecified atom stereocenters. The van der Waals surface area contributed by atoms with Gasteiger partial charge in [-0.05, 0) is 18.9 Å². The topological polar surface area (TPSA) is 35.2 Å². The number of halogens is 2. The minimum Gasteiger partial charge on any atom is -0.379 e. The molecule has 0 radical (unpaired) electrons. The lowest BCUT2D eigenvalue weighted by Crippen LogP contribution is -2.29. The molecule has 4 heteroatoms. The first-order valence-electron chi connectivity index (χ1n) is 5.75. The van der Waals surface area contributed by atoms with Gasteiger partial charge in [0.15, 0.2) is 11.6 Å². The Hall–Kier alpha value is -1.00. The molecule has 0 spiro atoms. The minimum absolute atomic E-state index is 0.174. The third kappa shape index (κ3) is 3.01. The highest BCUT2D eigenvalue weighted by Crippen LogP contribution is 2.25. The van der Waals surface area contributed by atoms with Crippen molar-refractivity contribution in [3.05, 3.63) is 34.9 Å². The predicted molar refractivity (Wildman–Crippen MR) is 63.7 cm³/mol. The Kier molecular flexibility index (Phi) is 5.02. The molecular weight excluding hydrogens is 224 g/mol. The lowest BCUT2D eigenvalue weighted by atomic mass is 9.97. The van der Waals surface area contributed by atoms with Gasteiger partial charge in [-0.2, -0.15) is 0 Å². The number of benzene rings is 1. The van der Waals surface area contributed by atoms with Crippen LogP contribution in [0.5, 0.6) is 0 Å². The summed E-state index contributed by atoms with van der Waals surface area (Å²) in [6.07, 6.45) is 1.30. The SMILES string of the molecule is CCCC(OC)C(N)c1ccc(C)c(F)c1F. The Morgan fingerprint density at radius 1 is 1.29 bits per heavy atom. The molecule has 1 aromatic rings. The summed E-state index contributed by atoms with van der Waals surface area (Å²) in [6.45, 7) is 3.51. The highest BCUT2D eigenvalue weighted by molar-refractivity contribution is 5.28. The fourth-order valence-corrected chi connectivity index (χ4v) is 1.85. The highest BCUT2D eigenvalue weighted by atomic mass is 19.2. The van der Waals surface area contributed by atoms with E-state index in [0.29, 0.717) is 6.42 Å². The van der Waals surface area contributed by atoms with Crippen molar-refractivity contribution in [1.29, 1.82) is 0 Å². The molecule has 1 aromatic carbocycles. The van der Waals surface area contributed by atoms with Crippen LogP contribution in [0.2, 0.25) is 0 Å². The fraction of sp³-hybridized carbons (Fsp3) is 0.538. The maximum Gasteiger partial charge on any atom is 0.163 e. The second-order valence-electron chi connectivity index (χ2n) is 4.19. The maximum atomic E-state index is 13.7. The standard InChI is InChI=1S/C13H19F2NO/c1-4-5-10(17-3)13(16)9-7-6-8(2)11(14)12(9)15/h6-7,10,13H,4-5,16H2,1-3H3. The van der Waals surface area contributed by atoms with Gasteiger partial charge < -0.3 is 10.5 Å². The number of nitrogens with two attached hydrogens (primary N) is 1. The lowest BCUT2D eigenvalue weighted by molar-refractivity contribution is 0.0713. The summed E-state index contributed by atoms with van der Waals surface area (Å²) < 4.78 is 32.4. The van der Waals surface area contributed by atoms with Crippen LogP contribution in [0, 0.1) is 18.6 Å². The Balaban J connectivity index is 3.03. The van der Waals surface area contributed by atoms with Crippen LogP contribution in [0.25, 0.3) is 0 Å². The molecule has 0 amide bonds. The summed E-state index contributed by atoms with van der Waals surface area (Å²) in [7, 11) is 1.53. The number of aryl methyl sites for hydroxylation is 1. The van der Waals surface area contributed by atoms with Crippen molar-refractivity contribution < 1.29 is 13.5 Å². The quantitative estimate of drug-likeness (QED) is 0.862. The maximum absolute atomic E-state index is 13.7. The third-order valence-corrected chi connectivity index (χ3v) is 2.94. The van der Waals surface area contributed by atoms with E-state index in [2.05, 4.69) is 0 Å². The largest absolute Gasteiger partial charge is 0.379 e. The van der Waals surface area contributed by atoms with Gasteiger partial charge in [0, 0.05) is 12.7 Å². The molecule has 2 N–H and O–H groups in total. The Labute approximate surface area is 101 Å². The second kappa shape index (κ2) is 6.07. The molecule has 0 aromatic heterocycles. The zero-order chi connectivity index (χ0) is 13.0. The molecule has 0 bridgehead atoms. The number of ether oxygens (including phenoxy) is 1. The minimum atomic E-state index is -0.865. The van der Waals surface area contributed by atoms with Gasteiger partial charge in [0.05, 0.1) is 12.1 Å². The number of rotatable bonds is 5. The molecule has 0 aliphatic heterocycles. The van der Waals surface area contributed by atoms with Gasteiger partial charge in [0.25, 0.3) is 0 Å². The molecule has 17 heavy (non-hydrogen) atoms. The van der Waals surface area contributed by atoms with Crippen molar-refractivity contribution >= 4 is 0 Å². The Bertz CT molecular complexity index is 382. The van der Waals surface area contributed by atoms with E-state index in [4.69, 9.17) is 10.5 Å². The Morgan fingerprint density at radius 2 is 1.94 bits per heavy atom. The summed E-state index contributed by atoms with van der Waals surface area (Å²) in [5, 5.41) is 0. The van der Waals surface area contributed by atoms with Gasteiger partial charge >= 0.3 is 0 Å². The summed E-state index contributed by atoms with van der Waals surface area (Å²) in [6, 6.07) is 2.42. The van der Waals surface area contributed by atoms with Crippen molar-refractivity contribution in [2.24, 2.45) is 5.73 Å². The van der Waals surface area contributed by atoms with Crippen LogP contribution >= 0.6 is 0 Å². The summed E-state index contributed by atoms with van der Waals surface area (Å²) in [4.78, 5) is 0. The molecule has 0 heterocycles. The molecule has 96 valence electrons. The van der Waals surface area contributed by atoms with Crippen LogP contribution in [0.4, 0.5) is 8.78 Å². The summed E-state index contributed by atoms with van der Waals surface area (Å²) in [5.41, 5.74) is 6.38. The molecule has 2 atom stereocenters. The molecule has 0 fully saturated rings. The van der Waals surface area contributed by atoms with Gasteiger partial charge in [-0.15, -0.1) is 0 Å². The van der Waals surface area contributed by atoms with E-state index >= 15 is 0 Å². The zero-order valence-corrected chi connectivity index (χ0v) is 10.5. The van der Waals surface area contributed by atoms with Gasteiger partial charge in [-0.25, -0.2) is 8.78 Å². The van der Waals surface area contributed by atoms with E-state index in [1.807, 2.05) is 6.92 Å². The fourth-order valence-electron chi connectivity index (χ4n) is 1.85. The van der Waals surface area contributed by atoms with E-state index in [-0.39, 0.29) is 17.2 Å². The zero-order valence-electron chi connectivity index (χ0n) is 10.5. The normalized spacial score (nSPS) is 14.7. The molecule has 0 saturated heterocycles. The Morgan fingerprint density at radius 3 is 2.47 bits per heavy atom. The van der Waals surface area contributed by atoms with E-state index in [1.54, 1.807) is 0 Å². The van der Waals surface area contributed by atoms with Crippen LogP contribution in [0.15, 0.2) is 12.1 Å². The van der Waals surface area contributed by atoms with Crippen LogP contribution < -0.4 is 5.73 Å². The molecule has 0 aliphatic carbocycles. The van der Waals surface area contributed by atoms with Crippen LogP contribution in [-0.4, -0.2) is 13.2 Å². The van der Waals surface area contributed by atoms with Crippen molar-refractivity contribution in [3.8, 4) is 0 Å². The van der Waals surface area contributed by atoms with Crippen LogP contribution in [0.1, 0.15) is 36.9 Å². The van der Waals surface area contributed by atoms with E-state index < -0.39 is 17.7 Å². The molecule has 1 rings (SSSR count). The van der Waals surface area contributed by atoms with Gasteiger partial charge in [0.2, 0.25) is 0 Å². The number of methoxy groups -OCH3 is 1. The van der Waals surface area contributed by atoms with Gasteiger partial charge in [-0.1, -0.05) is 25.5 Å². The first-order valence-corrected chi connectivity index (χ1v) is 5.75. The first kappa shape index (κ1) is 14.1. The first-order chi connectivity index (χ1) is 8.02. The van der Waals surface area contributed by atoms with Gasteiger partial charge in [0.1, 0.15) is 0 Å². The molecule has 0 saturated carbocycles. The summed E-state index contributed by atoms with van der Waals surface area (Å²) in [5.74, 6) is -1.69. The van der Waals surface area contributed by atoms with E-state index in [9.17, 15) is 8.78 Å². The summed E-state index contributed by atoms with van der Waals surface area (Å²) >= 11 is 0. The third-order valence-electron chi connectivity index (χ3n) is 2.94. The lowest BCUT2D eigenvalue weighted by Gasteiger charge is -2.23. The van der Waals surface area contributed by atoms with Crippen LogP contribution in [-0.2, 0) is 4.74 Å². The second-order valence-corrected chi connectivity index (χ2v) is 4.19. The molecule has 2 nitrogen and oxygen atoms in total. The van der Waals surface area contributed by atoms with Crippen molar-refractivity contribution in [2.45, 2.75) is 38.8 Å². The van der Waals surface area contributed by atoms with Crippen molar-refractivity contribution in [2.75, 3.05) is 7.11 Å². The monoisotopic (exact) mass is 243 g/mol. The predicted octanol–water partition coefficient (Wildman–Crippen LogP) is 3.09. The van der Waals surface area contributed by atoms with Crippen molar-refractivity contribution in [3.63, 3.8) is 0 Å². The average Bonchev–Trinajstić information content (AvgIpc) is 2.32. The van der Waals surface area contributed by atoms with Crippen molar-refractivity contribution in [1.82, 2.24) is 0 Å².